The highest BCUT2D eigenvalue weighted by Crippen LogP contribution is 2.37. The second kappa shape index (κ2) is 4.79. The highest BCUT2D eigenvalue weighted by molar-refractivity contribution is 9.10. The van der Waals surface area contributed by atoms with Crippen molar-refractivity contribution in [2.24, 2.45) is 0 Å². The van der Waals surface area contributed by atoms with Crippen LogP contribution in [-0.2, 0) is 5.41 Å². The van der Waals surface area contributed by atoms with Gasteiger partial charge in [0.05, 0.1) is 10.6 Å². The second-order valence-electron chi connectivity index (χ2n) is 4.98. The zero-order valence-electron chi connectivity index (χ0n) is 10.3. The van der Waals surface area contributed by atoms with Crippen LogP contribution in [0.15, 0.2) is 16.6 Å². The third-order valence-electron chi connectivity index (χ3n) is 2.38. The standard InChI is InChI=1S/C12H13BrClN3S/c1-12(2,3)8-5-9(15)17-11(16-8)7-4-6(13)10(14)18-7/h4-5H,1-3H3,(H2,15,16,17). The molecule has 2 heterocycles. The number of hydrogen-bond acceptors (Lipinski definition) is 4. The fourth-order valence-corrected chi connectivity index (χ4v) is 3.05. The van der Waals surface area contributed by atoms with Crippen molar-refractivity contribution in [3.8, 4) is 10.7 Å². The second-order valence-corrected chi connectivity index (χ2v) is 7.49. The number of nitrogens with zero attached hydrogens (tertiary/aromatic N) is 2. The highest BCUT2D eigenvalue weighted by atomic mass is 79.9. The molecule has 2 rings (SSSR count). The van der Waals surface area contributed by atoms with E-state index in [9.17, 15) is 0 Å². The average molecular weight is 347 g/mol. The Bertz CT molecular complexity index is 570. The highest BCUT2D eigenvalue weighted by Gasteiger charge is 2.19. The minimum Gasteiger partial charge on any atom is -0.384 e. The van der Waals surface area contributed by atoms with Crippen LogP contribution in [0.1, 0.15) is 26.5 Å². The topological polar surface area (TPSA) is 51.8 Å². The van der Waals surface area contributed by atoms with Crippen molar-refractivity contribution in [3.05, 3.63) is 26.6 Å². The molecule has 0 bridgehead atoms. The number of nitrogen functional groups attached to an aromatic ring is 1. The summed E-state index contributed by atoms with van der Waals surface area (Å²) in [5, 5.41) is 0. The molecule has 2 aromatic rings. The van der Waals surface area contributed by atoms with Crippen LogP contribution in [0, 0.1) is 0 Å². The first kappa shape index (κ1) is 13.8. The molecule has 2 aromatic heterocycles. The smallest absolute Gasteiger partial charge is 0.171 e. The Balaban J connectivity index is 2.55. The zero-order chi connectivity index (χ0) is 13.5. The number of aromatic nitrogens is 2. The molecule has 0 aromatic carbocycles. The van der Waals surface area contributed by atoms with Crippen molar-refractivity contribution >= 4 is 44.7 Å². The van der Waals surface area contributed by atoms with E-state index in [4.69, 9.17) is 17.3 Å². The number of nitrogens with two attached hydrogens (primary N) is 1. The van der Waals surface area contributed by atoms with E-state index in [1.165, 1.54) is 11.3 Å². The maximum absolute atomic E-state index is 6.03. The predicted molar refractivity (Wildman–Crippen MR) is 81.2 cm³/mol. The lowest BCUT2D eigenvalue weighted by Crippen LogP contribution is -2.15. The normalized spacial score (nSPS) is 11.8. The average Bonchev–Trinajstić information content (AvgIpc) is 2.57. The Morgan fingerprint density at radius 3 is 2.44 bits per heavy atom. The Morgan fingerprint density at radius 1 is 1.28 bits per heavy atom. The summed E-state index contributed by atoms with van der Waals surface area (Å²) in [6, 6.07) is 3.72. The summed E-state index contributed by atoms with van der Waals surface area (Å²) < 4.78 is 1.54. The summed E-state index contributed by atoms with van der Waals surface area (Å²) in [5.41, 5.74) is 6.70. The SMILES string of the molecule is CC(C)(C)c1cc(N)nc(-c2cc(Br)c(Cl)s2)n1. The quantitative estimate of drug-likeness (QED) is 0.827. The van der Waals surface area contributed by atoms with Crippen molar-refractivity contribution < 1.29 is 0 Å². The van der Waals surface area contributed by atoms with Crippen molar-refractivity contribution in [3.63, 3.8) is 0 Å². The maximum atomic E-state index is 6.03. The fourth-order valence-electron chi connectivity index (χ4n) is 1.42. The minimum absolute atomic E-state index is 0.0654. The molecule has 0 fully saturated rings. The summed E-state index contributed by atoms with van der Waals surface area (Å²) in [6.45, 7) is 6.28. The lowest BCUT2D eigenvalue weighted by Gasteiger charge is -2.18. The van der Waals surface area contributed by atoms with Crippen LogP contribution < -0.4 is 5.73 Å². The van der Waals surface area contributed by atoms with Crippen LogP contribution in [-0.4, -0.2) is 9.97 Å². The van der Waals surface area contributed by atoms with E-state index in [2.05, 4.69) is 46.7 Å². The summed E-state index contributed by atoms with van der Waals surface area (Å²) in [6.07, 6.45) is 0. The molecular weight excluding hydrogens is 334 g/mol. The first-order chi connectivity index (χ1) is 8.27. The molecule has 96 valence electrons. The Hall–Kier alpha value is -0.650. The van der Waals surface area contributed by atoms with Gasteiger partial charge >= 0.3 is 0 Å². The van der Waals surface area contributed by atoms with Gasteiger partial charge in [-0.15, -0.1) is 11.3 Å². The number of anilines is 1. The van der Waals surface area contributed by atoms with Gasteiger partial charge < -0.3 is 5.73 Å². The zero-order valence-corrected chi connectivity index (χ0v) is 13.4. The van der Waals surface area contributed by atoms with E-state index < -0.39 is 0 Å². The van der Waals surface area contributed by atoms with Crippen LogP contribution >= 0.6 is 38.9 Å². The van der Waals surface area contributed by atoms with Gasteiger partial charge in [0.2, 0.25) is 0 Å². The summed E-state index contributed by atoms with van der Waals surface area (Å²) >= 11 is 10.8. The summed E-state index contributed by atoms with van der Waals surface area (Å²) in [5.74, 6) is 1.10. The van der Waals surface area contributed by atoms with E-state index in [0.717, 1.165) is 15.0 Å². The molecule has 18 heavy (non-hydrogen) atoms. The van der Waals surface area contributed by atoms with E-state index >= 15 is 0 Å². The van der Waals surface area contributed by atoms with Gasteiger partial charge in [-0.1, -0.05) is 32.4 Å². The van der Waals surface area contributed by atoms with Crippen molar-refractivity contribution in [2.45, 2.75) is 26.2 Å². The minimum atomic E-state index is -0.0654. The van der Waals surface area contributed by atoms with Gasteiger partial charge in [0.15, 0.2) is 5.82 Å². The maximum Gasteiger partial charge on any atom is 0.171 e. The van der Waals surface area contributed by atoms with Crippen LogP contribution in [0.2, 0.25) is 4.34 Å². The Labute approximate surface area is 124 Å². The van der Waals surface area contributed by atoms with Gasteiger partial charge in [0, 0.05) is 16.0 Å². The molecular formula is C12H13BrClN3S. The van der Waals surface area contributed by atoms with E-state index in [1.54, 1.807) is 0 Å². The van der Waals surface area contributed by atoms with Crippen LogP contribution in [0.5, 0.6) is 0 Å². The van der Waals surface area contributed by atoms with Gasteiger partial charge in [-0.05, 0) is 22.0 Å². The first-order valence-electron chi connectivity index (χ1n) is 5.37. The van der Waals surface area contributed by atoms with Crippen LogP contribution in [0.4, 0.5) is 5.82 Å². The molecule has 0 amide bonds. The monoisotopic (exact) mass is 345 g/mol. The molecule has 0 aliphatic carbocycles. The number of rotatable bonds is 1. The molecule has 0 radical (unpaired) electrons. The molecule has 0 saturated carbocycles. The van der Waals surface area contributed by atoms with Crippen molar-refractivity contribution in [2.75, 3.05) is 5.73 Å². The molecule has 0 unspecified atom stereocenters. The van der Waals surface area contributed by atoms with Crippen LogP contribution in [0.25, 0.3) is 10.7 Å². The molecule has 0 aliphatic rings. The summed E-state index contributed by atoms with van der Waals surface area (Å²) in [4.78, 5) is 9.75. The molecule has 6 heteroatoms. The third-order valence-corrected chi connectivity index (χ3v) is 4.85. The largest absolute Gasteiger partial charge is 0.384 e. The molecule has 0 aliphatic heterocycles. The van der Waals surface area contributed by atoms with Gasteiger partial charge in [0.1, 0.15) is 10.2 Å². The van der Waals surface area contributed by atoms with Gasteiger partial charge in [-0.2, -0.15) is 0 Å². The van der Waals surface area contributed by atoms with Gasteiger partial charge in [0.25, 0.3) is 0 Å². The third kappa shape index (κ3) is 2.84. The Morgan fingerprint density at radius 2 is 1.94 bits per heavy atom. The van der Waals surface area contributed by atoms with Crippen molar-refractivity contribution in [1.82, 2.24) is 9.97 Å². The molecule has 2 N–H and O–H groups in total. The Kier molecular flexibility index (Phi) is 3.67. The molecule has 0 atom stereocenters. The fraction of sp³-hybridized carbons (Fsp3) is 0.333. The van der Waals surface area contributed by atoms with Crippen LogP contribution in [0.3, 0.4) is 0 Å². The molecule has 0 spiro atoms. The number of halogens is 2. The van der Waals surface area contributed by atoms with Gasteiger partial charge in [-0.3, -0.25) is 0 Å². The van der Waals surface area contributed by atoms with Crippen molar-refractivity contribution in [1.29, 1.82) is 0 Å². The van der Waals surface area contributed by atoms with E-state index in [0.29, 0.717) is 16.0 Å². The first-order valence-corrected chi connectivity index (χ1v) is 7.36. The summed E-state index contributed by atoms with van der Waals surface area (Å²) in [7, 11) is 0. The van der Waals surface area contributed by atoms with E-state index in [1.807, 2.05) is 12.1 Å². The molecule has 3 nitrogen and oxygen atoms in total. The number of thiophene rings is 1. The lowest BCUT2D eigenvalue weighted by atomic mass is 9.92. The van der Waals surface area contributed by atoms with Gasteiger partial charge in [-0.25, -0.2) is 9.97 Å². The lowest BCUT2D eigenvalue weighted by molar-refractivity contribution is 0.568. The predicted octanol–water partition coefficient (Wildman–Crippen LogP) is 4.50. The number of hydrogen-bond donors (Lipinski definition) is 1. The molecule has 0 saturated heterocycles. The van der Waals surface area contributed by atoms with E-state index in [-0.39, 0.29) is 5.41 Å².